The maximum atomic E-state index is 12.6. The van der Waals surface area contributed by atoms with E-state index in [0.29, 0.717) is 5.39 Å². The molecule has 3 nitrogen and oxygen atoms in total. The maximum Gasteiger partial charge on any atom is 0.449 e. The van der Waals surface area contributed by atoms with E-state index in [1.54, 1.807) is 18.2 Å². The molecule has 1 N–H and O–H groups in total. The van der Waals surface area contributed by atoms with E-state index in [2.05, 4.69) is 4.99 Å². The molecule has 0 aliphatic rings. The number of alkyl halides is 3. The van der Waals surface area contributed by atoms with Crippen LogP contribution in [0, 0.1) is 0 Å². The molecule has 0 aliphatic carbocycles. The van der Waals surface area contributed by atoms with E-state index in [9.17, 15) is 13.2 Å². The monoisotopic (exact) mass is 257 g/mol. The van der Waals surface area contributed by atoms with Gasteiger partial charge in [-0.1, -0.05) is 12.1 Å². The number of nitrogens with zero attached hydrogens (tertiary/aromatic N) is 1. The number of halogens is 3. The Balaban J connectivity index is 2.73. The molecule has 1 aromatic carbocycles. The van der Waals surface area contributed by atoms with E-state index in [0.717, 1.165) is 6.07 Å². The van der Waals surface area contributed by atoms with Crippen molar-refractivity contribution in [2.45, 2.75) is 6.18 Å². The predicted octanol–water partition coefficient (Wildman–Crippen LogP) is 2.34. The summed E-state index contributed by atoms with van der Waals surface area (Å²) in [7, 11) is 0. The molecule has 2 rings (SSSR count). The number of aliphatic hydroxyl groups is 1. The van der Waals surface area contributed by atoms with Gasteiger partial charge in [0.2, 0.25) is 5.76 Å². The van der Waals surface area contributed by atoms with Gasteiger partial charge in [0.15, 0.2) is 0 Å². The fourth-order valence-corrected chi connectivity index (χ4v) is 1.56. The first kappa shape index (κ1) is 12.6. The molecule has 0 saturated heterocycles. The number of aliphatic hydroxyl groups excluding tert-OH is 1. The number of fused-ring (bicyclic) bond motifs is 1. The molecule has 0 amide bonds. The standard InChI is InChI=1S/C12H10F3NO2/c13-12(14,15)11-7-9(16-5-6-17)8-3-1-2-4-10(8)18-11/h1-4,7,17H,5-6H2. The first-order chi connectivity index (χ1) is 8.52. The molecule has 0 unspecified atom stereocenters. The highest BCUT2D eigenvalue weighted by Crippen LogP contribution is 2.29. The summed E-state index contributed by atoms with van der Waals surface area (Å²) < 4.78 is 42.7. The van der Waals surface area contributed by atoms with Gasteiger partial charge in [-0.2, -0.15) is 13.2 Å². The predicted molar refractivity (Wildman–Crippen MR) is 58.7 cm³/mol. The average Bonchev–Trinajstić information content (AvgIpc) is 2.34. The molecule has 1 aromatic heterocycles. The summed E-state index contributed by atoms with van der Waals surface area (Å²) in [6.45, 7) is -0.174. The third-order valence-electron chi connectivity index (χ3n) is 2.31. The van der Waals surface area contributed by atoms with Gasteiger partial charge in [0.1, 0.15) is 5.58 Å². The zero-order valence-electron chi connectivity index (χ0n) is 9.24. The Labute approximate surface area is 100 Å². The lowest BCUT2D eigenvalue weighted by molar-refractivity contribution is -0.152. The molecule has 18 heavy (non-hydrogen) atoms. The van der Waals surface area contributed by atoms with Crippen molar-refractivity contribution in [3.63, 3.8) is 0 Å². The molecular formula is C12H10F3NO2. The largest absolute Gasteiger partial charge is 0.451 e. The van der Waals surface area contributed by atoms with Crippen LogP contribution in [0.2, 0.25) is 0 Å². The van der Waals surface area contributed by atoms with Crippen LogP contribution in [0.25, 0.3) is 11.0 Å². The first-order valence-corrected chi connectivity index (χ1v) is 5.24. The third kappa shape index (κ3) is 2.53. The molecule has 0 atom stereocenters. The Kier molecular flexibility index (Phi) is 3.38. The zero-order chi connectivity index (χ0) is 13.2. The normalized spacial score (nSPS) is 13.2. The molecular weight excluding hydrogens is 247 g/mol. The van der Waals surface area contributed by atoms with Crippen LogP contribution in [0.4, 0.5) is 13.2 Å². The molecule has 96 valence electrons. The Morgan fingerprint density at radius 2 is 1.94 bits per heavy atom. The van der Waals surface area contributed by atoms with Crippen LogP contribution in [0.15, 0.2) is 39.7 Å². The molecule has 6 heteroatoms. The summed E-state index contributed by atoms with van der Waals surface area (Å²) in [4.78, 5) is 3.92. The van der Waals surface area contributed by atoms with Crippen LogP contribution in [0.3, 0.4) is 0 Å². The summed E-state index contributed by atoms with van der Waals surface area (Å²) in [6, 6.07) is 7.18. The maximum absolute atomic E-state index is 12.6. The summed E-state index contributed by atoms with van der Waals surface area (Å²) in [5.41, 5.74) is 0.115. The second-order valence-electron chi connectivity index (χ2n) is 3.60. The molecule has 0 spiro atoms. The first-order valence-electron chi connectivity index (χ1n) is 5.24. The lowest BCUT2D eigenvalue weighted by atomic mass is 10.2. The molecule has 2 aromatic rings. The van der Waals surface area contributed by atoms with E-state index < -0.39 is 11.9 Å². The van der Waals surface area contributed by atoms with E-state index >= 15 is 0 Å². The molecule has 0 fully saturated rings. The minimum Gasteiger partial charge on any atom is -0.451 e. The number of hydrogen-bond donors (Lipinski definition) is 1. The highest BCUT2D eigenvalue weighted by molar-refractivity contribution is 5.75. The van der Waals surface area contributed by atoms with Crippen LogP contribution in [-0.2, 0) is 6.18 Å². The van der Waals surface area contributed by atoms with Crippen LogP contribution in [0.1, 0.15) is 5.76 Å². The van der Waals surface area contributed by atoms with Crippen LogP contribution in [0.5, 0.6) is 0 Å². The highest BCUT2D eigenvalue weighted by Gasteiger charge is 2.34. The van der Waals surface area contributed by atoms with Gasteiger partial charge < -0.3 is 9.52 Å². The zero-order valence-corrected chi connectivity index (χ0v) is 9.24. The van der Waals surface area contributed by atoms with Gasteiger partial charge in [-0.15, -0.1) is 0 Å². The molecule has 0 bridgehead atoms. The van der Waals surface area contributed by atoms with Crippen LogP contribution < -0.4 is 5.36 Å². The summed E-state index contributed by atoms with van der Waals surface area (Å²) >= 11 is 0. The third-order valence-corrected chi connectivity index (χ3v) is 2.31. The Morgan fingerprint density at radius 1 is 1.22 bits per heavy atom. The van der Waals surface area contributed by atoms with Gasteiger partial charge >= 0.3 is 6.18 Å². The molecule has 1 heterocycles. The van der Waals surface area contributed by atoms with Crippen molar-refractivity contribution in [3.8, 4) is 0 Å². The number of hydrogen-bond acceptors (Lipinski definition) is 3. The second-order valence-corrected chi connectivity index (χ2v) is 3.60. The highest BCUT2D eigenvalue weighted by atomic mass is 19.4. The number of rotatable bonds is 2. The summed E-state index contributed by atoms with van der Waals surface area (Å²) in [5, 5.41) is 9.34. The van der Waals surface area contributed by atoms with Gasteiger partial charge in [0.05, 0.1) is 18.5 Å². The summed E-state index contributed by atoms with van der Waals surface area (Å²) in [5.74, 6) is -1.10. The topological polar surface area (TPSA) is 45.7 Å². The molecule has 0 aliphatic heterocycles. The fourth-order valence-electron chi connectivity index (χ4n) is 1.56. The van der Waals surface area contributed by atoms with Gasteiger partial charge in [0, 0.05) is 11.5 Å². The van der Waals surface area contributed by atoms with Crippen molar-refractivity contribution in [2.75, 3.05) is 13.2 Å². The van der Waals surface area contributed by atoms with Crippen molar-refractivity contribution < 1.29 is 22.7 Å². The van der Waals surface area contributed by atoms with Crippen molar-refractivity contribution in [1.29, 1.82) is 0 Å². The number of benzene rings is 1. The average molecular weight is 257 g/mol. The number of para-hydroxylation sites is 1. The van der Waals surface area contributed by atoms with Crippen LogP contribution >= 0.6 is 0 Å². The van der Waals surface area contributed by atoms with Gasteiger partial charge in [-0.3, -0.25) is 4.99 Å². The second kappa shape index (κ2) is 4.81. The Bertz CT molecular complexity index is 616. The lowest BCUT2D eigenvalue weighted by Crippen LogP contribution is -2.13. The smallest absolute Gasteiger partial charge is 0.449 e. The van der Waals surface area contributed by atoms with Crippen molar-refractivity contribution >= 4 is 11.0 Å². The SMILES string of the molecule is OCCN=c1cc(C(F)(F)F)oc2ccccc12. The summed E-state index contributed by atoms with van der Waals surface area (Å²) in [6.07, 6.45) is -4.56. The van der Waals surface area contributed by atoms with E-state index in [-0.39, 0.29) is 24.1 Å². The lowest BCUT2D eigenvalue weighted by Gasteiger charge is -2.07. The molecule has 0 radical (unpaired) electrons. The Morgan fingerprint density at radius 3 is 2.61 bits per heavy atom. The van der Waals surface area contributed by atoms with Gasteiger partial charge in [-0.25, -0.2) is 0 Å². The van der Waals surface area contributed by atoms with Gasteiger partial charge in [0.25, 0.3) is 0 Å². The molecule has 0 saturated carbocycles. The van der Waals surface area contributed by atoms with E-state index in [1.165, 1.54) is 6.07 Å². The van der Waals surface area contributed by atoms with Crippen LogP contribution in [-0.4, -0.2) is 18.3 Å². The van der Waals surface area contributed by atoms with Gasteiger partial charge in [-0.05, 0) is 12.1 Å². The quantitative estimate of drug-likeness (QED) is 0.897. The van der Waals surface area contributed by atoms with E-state index in [4.69, 9.17) is 9.52 Å². The minimum absolute atomic E-state index is 0.0469. The van der Waals surface area contributed by atoms with E-state index in [1.807, 2.05) is 0 Å². The Hall–Kier alpha value is -1.82. The van der Waals surface area contributed by atoms with Crippen molar-refractivity contribution in [1.82, 2.24) is 0 Å². The van der Waals surface area contributed by atoms with Crippen molar-refractivity contribution in [2.24, 2.45) is 4.99 Å². The van der Waals surface area contributed by atoms with Crippen molar-refractivity contribution in [3.05, 3.63) is 41.4 Å². The fraction of sp³-hybridized carbons (Fsp3) is 0.250. The minimum atomic E-state index is -4.56.